The average Bonchev–Trinajstić information content (AvgIpc) is 3.64. The first-order valence-electron chi connectivity index (χ1n) is 18.1. The molecule has 0 N–H and O–H groups in total. The minimum Gasteiger partial charge on any atom is -0.374 e. The van der Waals surface area contributed by atoms with Crippen LogP contribution in [0.3, 0.4) is 0 Å². The Bertz CT molecular complexity index is 2250. The monoisotopic (exact) mass is 752 g/mol. The van der Waals surface area contributed by atoms with Gasteiger partial charge in [-0.2, -0.15) is 0 Å². The number of aromatic nitrogens is 4. The first-order valence-corrected chi connectivity index (χ1v) is 18.1. The lowest BCUT2D eigenvalue weighted by Gasteiger charge is -2.41. The number of hydrogen-bond donors (Lipinski definition) is 0. The van der Waals surface area contributed by atoms with Crippen LogP contribution in [0.4, 0.5) is 5.82 Å². The summed E-state index contributed by atoms with van der Waals surface area (Å²) in [6, 6.07) is 39.1. The molecule has 1 fully saturated rings. The predicted octanol–water partition coefficient (Wildman–Crippen LogP) is 8.71. The Morgan fingerprint density at radius 1 is 0.679 bits per heavy atom. The van der Waals surface area contributed by atoms with Crippen molar-refractivity contribution < 1.29 is 23.7 Å². The average molecular weight is 753 g/mol. The minimum atomic E-state index is -1.55. The Labute approximate surface area is 323 Å². The van der Waals surface area contributed by atoms with Gasteiger partial charge >= 0.3 is 0 Å². The fourth-order valence-corrected chi connectivity index (χ4v) is 6.86. The van der Waals surface area contributed by atoms with E-state index in [-0.39, 0.29) is 43.4 Å². The van der Waals surface area contributed by atoms with E-state index in [2.05, 4.69) is 35.0 Å². The molecule has 0 radical (unpaired) electrons. The number of nitrogens with zero attached hydrogens (tertiary/aromatic N) is 10. The minimum absolute atomic E-state index is 0.0307. The molecule has 6 atom stereocenters. The molecule has 1 saturated heterocycles. The van der Waals surface area contributed by atoms with Crippen LogP contribution >= 0.6 is 0 Å². The number of ether oxygens (including phenoxy) is 5. The van der Waals surface area contributed by atoms with Gasteiger partial charge in [0, 0.05) is 9.82 Å². The van der Waals surface area contributed by atoms with Gasteiger partial charge in [-0.1, -0.05) is 126 Å². The van der Waals surface area contributed by atoms with E-state index in [1.54, 1.807) is 11.5 Å². The molecule has 15 heteroatoms. The van der Waals surface area contributed by atoms with E-state index in [0.29, 0.717) is 6.61 Å². The van der Waals surface area contributed by atoms with Gasteiger partial charge < -0.3 is 23.7 Å². The van der Waals surface area contributed by atoms with Crippen LogP contribution < -0.4 is 0 Å². The van der Waals surface area contributed by atoms with E-state index in [0.717, 1.165) is 22.3 Å². The summed E-state index contributed by atoms with van der Waals surface area (Å²) in [7, 11) is 0. The third kappa shape index (κ3) is 8.86. The molecule has 284 valence electrons. The number of azide groups is 2. The number of hydrogen-bond acceptors (Lipinski definition) is 10. The van der Waals surface area contributed by atoms with E-state index >= 15 is 0 Å². The molecule has 6 aromatic rings. The molecule has 4 aromatic carbocycles. The number of benzene rings is 4. The lowest BCUT2D eigenvalue weighted by atomic mass is 9.87. The lowest BCUT2D eigenvalue weighted by Crippen LogP contribution is -2.55. The van der Waals surface area contributed by atoms with Gasteiger partial charge in [-0.25, -0.2) is 15.0 Å². The summed E-state index contributed by atoms with van der Waals surface area (Å²) in [5.41, 5.74) is 22.3. The van der Waals surface area contributed by atoms with Gasteiger partial charge in [-0.05, 0) is 45.4 Å². The van der Waals surface area contributed by atoms with Gasteiger partial charge in [0.2, 0.25) is 0 Å². The van der Waals surface area contributed by atoms with E-state index < -0.39 is 36.2 Å². The van der Waals surface area contributed by atoms with E-state index in [1.807, 2.05) is 121 Å². The van der Waals surface area contributed by atoms with Crippen LogP contribution in [0.1, 0.15) is 35.4 Å². The van der Waals surface area contributed by atoms with Crippen LogP contribution in [-0.4, -0.2) is 56.1 Å². The normalized spacial score (nSPS) is 22.1. The molecule has 3 heterocycles. The van der Waals surface area contributed by atoms with Crippen molar-refractivity contribution in [2.75, 3.05) is 6.61 Å². The fraction of sp³-hybridized carbons (Fsp3) is 0.293. The molecule has 0 saturated carbocycles. The summed E-state index contributed by atoms with van der Waals surface area (Å²) in [6.07, 6.45) is -1.92. The van der Waals surface area contributed by atoms with Crippen molar-refractivity contribution in [1.82, 2.24) is 19.5 Å². The maximum absolute atomic E-state index is 10.3. The first kappa shape index (κ1) is 38.1. The van der Waals surface area contributed by atoms with E-state index in [9.17, 15) is 11.1 Å². The zero-order valence-electron chi connectivity index (χ0n) is 30.6. The Morgan fingerprint density at radius 3 is 1.77 bits per heavy atom. The summed E-state index contributed by atoms with van der Waals surface area (Å²) in [5.74, 6) is 0.0307. The van der Waals surface area contributed by atoms with Crippen molar-refractivity contribution in [2.24, 2.45) is 10.2 Å². The molecular formula is C41H40N10O5. The van der Waals surface area contributed by atoms with Gasteiger partial charge in [-0.3, -0.25) is 4.57 Å². The zero-order chi connectivity index (χ0) is 38.6. The standard InChI is InChI=1S/C41H40N10O5/c1-41(48-50-43)37(55-25-32-20-12-5-13-21-32)36(54-24-31-18-10-4-11-19-31)35(53-23-30-16-8-3-9-17-30)33(26-52-22-29-14-6-2-7-15-29)56-40(41)51-28-46-34-38(47-49-42)44-27-45-39(34)51/h2-21,27-28,33,35-37,40H,22-26H2,1H3/t33-,35-,36+,37-,40-,41+/m1/s1. The third-order valence-corrected chi connectivity index (χ3v) is 9.60. The Morgan fingerprint density at radius 2 is 1.21 bits per heavy atom. The Kier molecular flexibility index (Phi) is 12.6. The van der Waals surface area contributed by atoms with Crippen molar-refractivity contribution >= 4 is 17.0 Å². The zero-order valence-corrected chi connectivity index (χ0v) is 30.6. The molecule has 56 heavy (non-hydrogen) atoms. The van der Waals surface area contributed by atoms with Gasteiger partial charge in [-0.15, -0.1) is 0 Å². The van der Waals surface area contributed by atoms with Crippen molar-refractivity contribution in [1.29, 1.82) is 0 Å². The number of imidazole rings is 1. The molecule has 0 amide bonds. The van der Waals surface area contributed by atoms with Crippen molar-refractivity contribution in [3.8, 4) is 0 Å². The molecule has 0 unspecified atom stereocenters. The molecule has 0 bridgehead atoms. The molecular weight excluding hydrogens is 713 g/mol. The van der Waals surface area contributed by atoms with Crippen molar-refractivity contribution in [3.05, 3.63) is 177 Å². The smallest absolute Gasteiger partial charge is 0.165 e. The van der Waals surface area contributed by atoms with Crippen LogP contribution in [0.25, 0.3) is 32.0 Å². The van der Waals surface area contributed by atoms with E-state index in [4.69, 9.17) is 23.7 Å². The summed E-state index contributed by atoms with van der Waals surface area (Å²) in [4.78, 5) is 19.4. The van der Waals surface area contributed by atoms with Crippen LogP contribution in [0.15, 0.2) is 144 Å². The topological polar surface area (TPSA) is 187 Å². The third-order valence-electron chi connectivity index (χ3n) is 9.60. The first-order chi connectivity index (χ1) is 27.6. The van der Waals surface area contributed by atoms with Gasteiger partial charge in [0.05, 0.1) is 39.4 Å². The SMILES string of the molecule is C[C@]1(N=[N+]=[N-])[C@H](OCc2ccccc2)[C@@H](OCc2ccccc2)[C@H](OCc2ccccc2)[C@@H](COCc2ccccc2)O[C@H]1n1cnc2c(N=[N+]=[N-])ncnc21. The van der Waals surface area contributed by atoms with Crippen molar-refractivity contribution in [2.45, 2.75) is 69.5 Å². The Hall–Kier alpha value is -6.15. The highest BCUT2D eigenvalue weighted by Gasteiger charge is 2.56. The maximum Gasteiger partial charge on any atom is 0.165 e. The van der Waals surface area contributed by atoms with Gasteiger partial charge in [0.25, 0.3) is 0 Å². The largest absolute Gasteiger partial charge is 0.374 e. The summed E-state index contributed by atoms with van der Waals surface area (Å²) < 4.78 is 35.8. The second-order valence-corrected chi connectivity index (χ2v) is 13.4. The van der Waals surface area contributed by atoms with E-state index in [1.165, 1.54) is 12.7 Å². The van der Waals surface area contributed by atoms with Crippen LogP contribution in [0.2, 0.25) is 0 Å². The molecule has 0 aliphatic carbocycles. The molecule has 15 nitrogen and oxygen atoms in total. The second-order valence-electron chi connectivity index (χ2n) is 13.4. The lowest BCUT2D eigenvalue weighted by molar-refractivity contribution is -0.184. The number of rotatable bonds is 16. The molecule has 7 rings (SSSR count). The fourth-order valence-electron chi connectivity index (χ4n) is 6.86. The summed E-state index contributed by atoms with van der Waals surface area (Å²) in [5, 5.41) is 8.20. The highest BCUT2D eigenvalue weighted by atomic mass is 16.6. The highest BCUT2D eigenvalue weighted by Crippen LogP contribution is 2.44. The van der Waals surface area contributed by atoms with Crippen molar-refractivity contribution in [3.63, 3.8) is 0 Å². The summed E-state index contributed by atoms with van der Waals surface area (Å²) in [6.45, 7) is 2.65. The predicted molar refractivity (Wildman–Crippen MR) is 207 cm³/mol. The molecule has 1 aliphatic heterocycles. The second kappa shape index (κ2) is 18.5. The Balaban J connectivity index is 1.38. The summed E-state index contributed by atoms with van der Waals surface area (Å²) >= 11 is 0. The van der Waals surface area contributed by atoms with Crippen LogP contribution in [0.5, 0.6) is 0 Å². The molecule has 1 aliphatic rings. The van der Waals surface area contributed by atoms with Gasteiger partial charge in [0.15, 0.2) is 17.7 Å². The van der Waals surface area contributed by atoms with Crippen LogP contribution in [0, 0.1) is 0 Å². The van der Waals surface area contributed by atoms with Gasteiger partial charge in [0.1, 0.15) is 41.8 Å². The molecule has 0 spiro atoms. The highest BCUT2D eigenvalue weighted by molar-refractivity contribution is 5.80. The van der Waals surface area contributed by atoms with Crippen LogP contribution in [-0.2, 0) is 50.1 Å². The quantitative estimate of drug-likeness (QED) is 0.0533. The molecule has 2 aromatic heterocycles. The number of fused-ring (bicyclic) bond motifs is 1. The maximum atomic E-state index is 10.3.